The number of nitrogens with one attached hydrogen (secondary N) is 2. The Morgan fingerprint density at radius 2 is 1.92 bits per heavy atom. The van der Waals surface area contributed by atoms with Gasteiger partial charge in [0.25, 0.3) is 5.91 Å². The molecule has 1 aliphatic rings. The van der Waals surface area contributed by atoms with Crippen LogP contribution in [0.4, 0.5) is 5.00 Å². The van der Waals surface area contributed by atoms with E-state index in [9.17, 15) is 14.4 Å². The molecule has 0 fully saturated rings. The fourth-order valence-corrected chi connectivity index (χ4v) is 6.26. The van der Waals surface area contributed by atoms with E-state index in [0.717, 1.165) is 46.3 Å². The minimum atomic E-state index is -1.03. The van der Waals surface area contributed by atoms with Gasteiger partial charge < -0.3 is 19.8 Å². The Kier molecular flexibility index (Phi) is 7.52. The van der Waals surface area contributed by atoms with E-state index < -0.39 is 23.9 Å². The molecule has 1 aliphatic carbocycles. The molecule has 2 aromatic carbocycles. The molecule has 0 saturated carbocycles. The minimum absolute atomic E-state index is 0.275. The lowest BCUT2D eigenvalue weighted by atomic mass is 9.88. The average Bonchev–Trinajstić information content (AvgIpc) is 3.51. The molecule has 0 radical (unpaired) electrons. The highest BCUT2D eigenvalue weighted by Gasteiger charge is 2.31. The maximum absolute atomic E-state index is 13.2. The third-order valence-corrected chi connectivity index (χ3v) is 8.26. The number of amides is 1. The van der Waals surface area contributed by atoms with Crippen LogP contribution in [-0.4, -0.2) is 41.0 Å². The number of carbonyl (C=O) groups is 3. The monoisotopic (exact) mass is 545 g/mol. The van der Waals surface area contributed by atoms with E-state index >= 15 is 0 Å². The summed E-state index contributed by atoms with van der Waals surface area (Å²) in [5, 5.41) is 3.29. The Labute approximate surface area is 230 Å². The van der Waals surface area contributed by atoms with Crippen LogP contribution in [0, 0.1) is 12.8 Å². The van der Waals surface area contributed by atoms with Gasteiger partial charge in [-0.25, -0.2) is 14.6 Å². The first kappa shape index (κ1) is 26.6. The van der Waals surface area contributed by atoms with Crippen molar-refractivity contribution in [3.63, 3.8) is 0 Å². The quantitative estimate of drug-likeness (QED) is 0.272. The van der Waals surface area contributed by atoms with Crippen molar-refractivity contribution in [2.75, 3.05) is 12.4 Å². The van der Waals surface area contributed by atoms with Crippen LogP contribution >= 0.6 is 11.3 Å². The number of aromatic amines is 1. The van der Waals surface area contributed by atoms with Crippen molar-refractivity contribution in [3.8, 4) is 11.4 Å². The van der Waals surface area contributed by atoms with Gasteiger partial charge in [-0.05, 0) is 62.3 Å². The van der Waals surface area contributed by atoms with Crippen LogP contribution in [0.5, 0.6) is 0 Å². The van der Waals surface area contributed by atoms with E-state index in [4.69, 9.17) is 9.47 Å². The van der Waals surface area contributed by atoms with Gasteiger partial charge in [-0.1, -0.05) is 43.7 Å². The number of hydrogen-bond acceptors (Lipinski definition) is 7. The zero-order valence-corrected chi connectivity index (χ0v) is 23.2. The van der Waals surface area contributed by atoms with Crippen molar-refractivity contribution in [2.45, 2.75) is 52.6 Å². The molecule has 0 aliphatic heterocycles. The predicted molar refractivity (Wildman–Crippen MR) is 151 cm³/mol. The summed E-state index contributed by atoms with van der Waals surface area (Å²) in [6.45, 7) is 5.97. The van der Waals surface area contributed by atoms with Crippen molar-refractivity contribution in [2.24, 2.45) is 5.92 Å². The van der Waals surface area contributed by atoms with Crippen molar-refractivity contribution in [3.05, 3.63) is 69.6 Å². The molecular formula is C30H31N3O5S. The lowest BCUT2D eigenvalue weighted by Crippen LogP contribution is -2.32. The maximum atomic E-state index is 13.2. The van der Waals surface area contributed by atoms with Gasteiger partial charge in [0.15, 0.2) is 6.10 Å². The van der Waals surface area contributed by atoms with Crippen LogP contribution < -0.4 is 5.32 Å². The van der Waals surface area contributed by atoms with Crippen LogP contribution in [0.3, 0.4) is 0 Å². The molecule has 0 bridgehead atoms. The minimum Gasteiger partial charge on any atom is -0.465 e. The number of hydrogen-bond donors (Lipinski definition) is 2. The largest absolute Gasteiger partial charge is 0.465 e. The predicted octanol–water partition coefficient (Wildman–Crippen LogP) is 6.09. The number of benzene rings is 2. The van der Waals surface area contributed by atoms with E-state index in [1.807, 2.05) is 31.2 Å². The number of esters is 2. The summed E-state index contributed by atoms with van der Waals surface area (Å²) in [7, 11) is 1.33. The van der Waals surface area contributed by atoms with E-state index in [2.05, 4.69) is 22.2 Å². The van der Waals surface area contributed by atoms with Crippen LogP contribution in [0.2, 0.25) is 0 Å². The second kappa shape index (κ2) is 11.0. The molecule has 5 rings (SSSR count). The van der Waals surface area contributed by atoms with Gasteiger partial charge in [-0.2, -0.15) is 0 Å². The van der Waals surface area contributed by atoms with Crippen molar-refractivity contribution < 1.29 is 23.9 Å². The van der Waals surface area contributed by atoms with Gasteiger partial charge in [0, 0.05) is 10.4 Å². The summed E-state index contributed by atoms with van der Waals surface area (Å²) in [4.78, 5) is 47.8. The number of ether oxygens (including phenoxy) is 2. The smallest absolute Gasteiger partial charge is 0.341 e. The number of imidazole rings is 1. The molecule has 2 heterocycles. The molecule has 39 heavy (non-hydrogen) atoms. The molecule has 2 atom stereocenters. The van der Waals surface area contributed by atoms with Gasteiger partial charge in [0.05, 0.1) is 29.3 Å². The number of anilines is 1. The second-order valence-corrected chi connectivity index (χ2v) is 11.1. The SMILES string of the molecule is CCC(OC(=O)c1ccc2nc(-c3ccc(C)cc3)[nH]c2c1)C(=O)Nc1sc2c(c1C(=O)OC)CCC(C)C2. The highest BCUT2D eigenvalue weighted by molar-refractivity contribution is 7.17. The molecule has 2 N–H and O–H groups in total. The Balaban J connectivity index is 1.33. The first-order valence-electron chi connectivity index (χ1n) is 13.1. The number of nitrogens with zero attached hydrogens (tertiary/aromatic N) is 1. The van der Waals surface area contributed by atoms with E-state index in [-0.39, 0.29) is 6.42 Å². The first-order chi connectivity index (χ1) is 18.8. The summed E-state index contributed by atoms with van der Waals surface area (Å²) < 4.78 is 10.6. The number of fused-ring (bicyclic) bond motifs is 2. The van der Waals surface area contributed by atoms with Crippen molar-refractivity contribution >= 4 is 45.2 Å². The molecule has 8 nitrogen and oxygen atoms in total. The highest BCUT2D eigenvalue weighted by atomic mass is 32.1. The molecule has 2 aromatic heterocycles. The van der Waals surface area contributed by atoms with Gasteiger partial charge >= 0.3 is 11.9 Å². The Morgan fingerprint density at radius 3 is 2.64 bits per heavy atom. The zero-order valence-electron chi connectivity index (χ0n) is 22.4. The number of H-pyrrole nitrogens is 1. The highest BCUT2D eigenvalue weighted by Crippen LogP contribution is 2.40. The molecule has 9 heteroatoms. The third-order valence-electron chi connectivity index (χ3n) is 7.09. The Hall–Kier alpha value is -3.98. The lowest BCUT2D eigenvalue weighted by Gasteiger charge is -2.18. The fraction of sp³-hybridized carbons (Fsp3) is 0.333. The number of thiophene rings is 1. The van der Waals surface area contributed by atoms with Gasteiger partial charge in [0.2, 0.25) is 0 Å². The van der Waals surface area contributed by atoms with Gasteiger partial charge in [0.1, 0.15) is 10.8 Å². The number of carbonyl (C=O) groups excluding carboxylic acids is 3. The topological polar surface area (TPSA) is 110 Å². The van der Waals surface area contributed by atoms with Crippen LogP contribution in [0.15, 0.2) is 42.5 Å². The molecule has 202 valence electrons. The number of methoxy groups -OCH3 is 1. The number of aryl methyl sites for hydroxylation is 1. The molecule has 4 aromatic rings. The molecule has 2 unspecified atom stereocenters. The van der Waals surface area contributed by atoms with Gasteiger partial charge in [-0.15, -0.1) is 11.3 Å². The van der Waals surface area contributed by atoms with Crippen LogP contribution in [0.25, 0.3) is 22.4 Å². The number of aromatic nitrogens is 2. The van der Waals surface area contributed by atoms with Crippen LogP contribution in [0.1, 0.15) is 63.4 Å². The van der Waals surface area contributed by atoms with E-state index in [1.54, 1.807) is 25.1 Å². The molecular weight excluding hydrogens is 514 g/mol. The molecule has 0 saturated heterocycles. The van der Waals surface area contributed by atoms with E-state index in [1.165, 1.54) is 18.4 Å². The fourth-order valence-electron chi connectivity index (χ4n) is 4.85. The summed E-state index contributed by atoms with van der Waals surface area (Å²) in [5.41, 5.74) is 5.18. The second-order valence-electron chi connectivity index (χ2n) is 10.0. The third kappa shape index (κ3) is 5.45. The van der Waals surface area contributed by atoms with Crippen LogP contribution in [-0.2, 0) is 27.1 Å². The molecule has 0 spiro atoms. The van der Waals surface area contributed by atoms with Gasteiger partial charge in [-0.3, -0.25) is 4.79 Å². The summed E-state index contributed by atoms with van der Waals surface area (Å²) >= 11 is 1.40. The van der Waals surface area contributed by atoms with Crippen molar-refractivity contribution in [1.82, 2.24) is 9.97 Å². The average molecular weight is 546 g/mol. The zero-order chi connectivity index (χ0) is 27.7. The van der Waals surface area contributed by atoms with Crippen molar-refractivity contribution in [1.29, 1.82) is 0 Å². The van der Waals surface area contributed by atoms with E-state index in [0.29, 0.717) is 33.4 Å². The standard InChI is InChI=1S/C30H31N3O5S/c1-5-23(27(34)33-28-25(30(36)37-4)20-12-8-17(3)14-24(20)39-28)38-29(35)19-11-13-21-22(15-19)32-26(31-21)18-9-6-16(2)7-10-18/h6-7,9-11,13,15,17,23H,5,8,12,14H2,1-4H3,(H,31,32)(H,33,34). The number of rotatable bonds is 7. The molecule has 1 amide bonds. The summed E-state index contributed by atoms with van der Waals surface area (Å²) in [6, 6.07) is 13.1. The normalized spacial score (nSPS) is 15.4. The Bertz CT molecular complexity index is 1550. The summed E-state index contributed by atoms with van der Waals surface area (Å²) in [5.74, 6) is -0.351. The Morgan fingerprint density at radius 1 is 1.15 bits per heavy atom. The summed E-state index contributed by atoms with van der Waals surface area (Å²) in [6.07, 6.45) is 1.84. The maximum Gasteiger partial charge on any atom is 0.341 e. The first-order valence-corrected chi connectivity index (χ1v) is 13.9. The lowest BCUT2D eigenvalue weighted by molar-refractivity contribution is -0.124.